The quantitative estimate of drug-likeness (QED) is 0.902. The Morgan fingerprint density at radius 3 is 2.47 bits per heavy atom. The molecule has 2 rings (SSSR count). The van der Waals surface area contributed by atoms with Crippen molar-refractivity contribution in [2.75, 3.05) is 20.2 Å². The fraction of sp³-hybridized carbons (Fsp3) is 0.538. The molecule has 0 bridgehead atoms. The maximum absolute atomic E-state index is 12.7. The minimum Gasteiger partial charge on any atom is -0.497 e. The molecular formula is C13H20N2O3S. The summed E-state index contributed by atoms with van der Waals surface area (Å²) in [5.74, 6) is 0.552. The molecule has 0 aromatic heterocycles. The van der Waals surface area contributed by atoms with E-state index in [9.17, 15) is 8.42 Å². The van der Waals surface area contributed by atoms with Gasteiger partial charge in [-0.25, -0.2) is 8.42 Å². The second-order valence-corrected chi connectivity index (χ2v) is 6.71. The molecule has 1 fully saturated rings. The van der Waals surface area contributed by atoms with E-state index in [1.165, 1.54) is 7.11 Å². The van der Waals surface area contributed by atoms with Gasteiger partial charge in [0.1, 0.15) is 5.75 Å². The predicted octanol–water partition coefficient (Wildman–Crippen LogP) is 1.07. The molecule has 1 aliphatic heterocycles. The molecule has 0 radical (unpaired) electrons. The van der Waals surface area contributed by atoms with Crippen molar-refractivity contribution in [3.63, 3.8) is 0 Å². The lowest BCUT2D eigenvalue weighted by Gasteiger charge is -2.38. The van der Waals surface area contributed by atoms with Gasteiger partial charge in [-0.05, 0) is 26.0 Å². The summed E-state index contributed by atoms with van der Waals surface area (Å²) in [5, 5.41) is 3.23. The number of methoxy groups -OCH3 is 1. The molecule has 1 aliphatic rings. The number of hydrogen-bond donors (Lipinski definition) is 1. The molecule has 1 aromatic rings. The summed E-state index contributed by atoms with van der Waals surface area (Å²) in [6.45, 7) is 5.18. The van der Waals surface area contributed by atoms with Crippen LogP contribution >= 0.6 is 0 Å². The van der Waals surface area contributed by atoms with Crippen LogP contribution in [0.15, 0.2) is 29.2 Å². The van der Waals surface area contributed by atoms with Crippen LogP contribution < -0.4 is 10.1 Å². The van der Waals surface area contributed by atoms with Gasteiger partial charge >= 0.3 is 0 Å². The van der Waals surface area contributed by atoms with Crippen molar-refractivity contribution in [1.82, 2.24) is 9.62 Å². The maximum Gasteiger partial charge on any atom is 0.243 e. The summed E-state index contributed by atoms with van der Waals surface area (Å²) < 4.78 is 32.1. The zero-order valence-electron chi connectivity index (χ0n) is 11.5. The van der Waals surface area contributed by atoms with Crippen LogP contribution in [0.25, 0.3) is 0 Å². The molecule has 2 unspecified atom stereocenters. The topological polar surface area (TPSA) is 58.6 Å². The van der Waals surface area contributed by atoms with Gasteiger partial charge in [0, 0.05) is 31.2 Å². The Kier molecular flexibility index (Phi) is 4.13. The third-order valence-electron chi connectivity index (χ3n) is 3.36. The SMILES string of the molecule is COc1cccc(S(=O)(=O)N2C(C)CNCC2C)c1. The van der Waals surface area contributed by atoms with Crippen LogP contribution in [0.5, 0.6) is 5.75 Å². The van der Waals surface area contributed by atoms with Crippen molar-refractivity contribution in [3.8, 4) is 5.75 Å². The Labute approximate surface area is 114 Å². The van der Waals surface area contributed by atoms with E-state index < -0.39 is 10.0 Å². The van der Waals surface area contributed by atoms with E-state index >= 15 is 0 Å². The molecule has 0 amide bonds. The summed E-state index contributed by atoms with van der Waals surface area (Å²) in [5.41, 5.74) is 0. The van der Waals surface area contributed by atoms with E-state index in [1.807, 2.05) is 13.8 Å². The Morgan fingerprint density at radius 2 is 1.89 bits per heavy atom. The number of hydrogen-bond acceptors (Lipinski definition) is 4. The van der Waals surface area contributed by atoms with Gasteiger partial charge in [0.25, 0.3) is 0 Å². The van der Waals surface area contributed by atoms with Crippen molar-refractivity contribution < 1.29 is 13.2 Å². The Balaban J connectivity index is 2.40. The summed E-state index contributed by atoms with van der Waals surface area (Å²) in [6, 6.07) is 6.50. The number of piperazine rings is 1. The summed E-state index contributed by atoms with van der Waals surface area (Å²) in [7, 11) is -1.95. The molecule has 1 aromatic carbocycles. The van der Waals surface area contributed by atoms with Crippen molar-refractivity contribution in [2.45, 2.75) is 30.8 Å². The van der Waals surface area contributed by atoms with E-state index in [0.717, 1.165) is 0 Å². The van der Waals surface area contributed by atoms with Crippen molar-refractivity contribution in [2.24, 2.45) is 0 Å². The van der Waals surface area contributed by atoms with Gasteiger partial charge in [-0.15, -0.1) is 0 Å². The number of nitrogens with one attached hydrogen (secondary N) is 1. The second-order valence-electron chi connectivity index (χ2n) is 4.87. The van der Waals surface area contributed by atoms with Crippen LogP contribution in [0.2, 0.25) is 0 Å². The van der Waals surface area contributed by atoms with E-state index in [0.29, 0.717) is 18.8 Å². The molecule has 1 saturated heterocycles. The predicted molar refractivity (Wildman–Crippen MR) is 73.8 cm³/mol. The Morgan fingerprint density at radius 1 is 1.26 bits per heavy atom. The first-order valence-corrected chi connectivity index (χ1v) is 7.79. The lowest BCUT2D eigenvalue weighted by atomic mass is 10.2. The fourth-order valence-corrected chi connectivity index (χ4v) is 4.33. The highest BCUT2D eigenvalue weighted by atomic mass is 32.2. The summed E-state index contributed by atoms with van der Waals surface area (Å²) in [6.07, 6.45) is 0. The monoisotopic (exact) mass is 284 g/mol. The van der Waals surface area contributed by atoms with E-state index in [1.54, 1.807) is 28.6 Å². The molecule has 6 heteroatoms. The Hall–Kier alpha value is -1.11. The first kappa shape index (κ1) is 14.3. The molecule has 106 valence electrons. The molecule has 0 saturated carbocycles. The highest BCUT2D eigenvalue weighted by molar-refractivity contribution is 7.89. The average Bonchev–Trinajstić information content (AvgIpc) is 2.38. The minimum atomic E-state index is -3.48. The zero-order valence-corrected chi connectivity index (χ0v) is 12.3. The highest BCUT2D eigenvalue weighted by Gasteiger charge is 2.35. The molecule has 0 spiro atoms. The third kappa shape index (κ3) is 2.75. The van der Waals surface area contributed by atoms with Crippen molar-refractivity contribution in [3.05, 3.63) is 24.3 Å². The first-order valence-electron chi connectivity index (χ1n) is 6.35. The standard InChI is InChI=1S/C13H20N2O3S/c1-10-8-14-9-11(2)15(10)19(16,17)13-6-4-5-12(7-13)18-3/h4-7,10-11,14H,8-9H2,1-3H3. The maximum atomic E-state index is 12.7. The largest absolute Gasteiger partial charge is 0.497 e. The van der Waals surface area contributed by atoms with Crippen molar-refractivity contribution >= 4 is 10.0 Å². The van der Waals surface area contributed by atoms with Gasteiger partial charge in [-0.2, -0.15) is 4.31 Å². The third-order valence-corrected chi connectivity index (χ3v) is 5.49. The smallest absolute Gasteiger partial charge is 0.243 e. The number of sulfonamides is 1. The van der Waals surface area contributed by atoms with Crippen LogP contribution in [0.1, 0.15) is 13.8 Å². The molecule has 1 heterocycles. The molecular weight excluding hydrogens is 264 g/mol. The fourth-order valence-electron chi connectivity index (χ4n) is 2.47. The van der Waals surface area contributed by atoms with E-state index in [2.05, 4.69) is 5.32 Å². The van der Waals surface area contributed by atoms with Gasteiger partial charge < -0.3 is 10.1 Å². The first-order chi connectivity index (χ1) is 8.96. The molecule has 5 nitrogen and oxygen atoms in total. The number of nitrogens with zero attached hydrogens (tertiary/aromatic N) is 1. The van der Waals surface area contributed by atoms with Gasteiger partial charge in [-0.3, -0.25) is 0 Å². The van der Waals surface area contributed by atoms with Gasteiger partial charge in [0.2, 0.25) is 10.0 Å². The van der Waals surface area contributed by atoms with Gasteiger partial charge in [-0.1, -0.05) is 6.07 Å². The molecule has 19 heavy (non-hydrogen) atoms. The lowest BCUT2D eigenvalue weighted by Crippen LogP contribution is -2.57. The lowest BCUT2D eigenvalue weighted by molar-refractivity contribution is 0.220. The summed E-state index contributed by atoms with van der Waals surface area (Å²) in [4.78, 5) is 0.285. The summed E-state index contributed by atoms with van der Waals surface area (Å²) >= 11 is 0. The van der Waals surface area contributed by atoms with Gasteiger partial charge in [0.15, 0.2) is 0 Å². The number of rotatable bonds is 3. The van der Waals surface area contributed by atoms with Gasteiger partial charge in [0.05, 0.1) is 12.0 Å². The van der Waals surface area contributed by atoms with Crippen LogP contribution in [0.3, 0.4) is 0 Å². The normalized spacial score (nSPS) is 25.2. The minimum absolute atomic E-state index is 0.0556. The number of ether oxygens (including phenoxy) is 1. The second kappa shape index (κ2) is 5.48. The van der Waals surface area contributed by atoms with E-state index in [-0.39, 0.29) is 17.0 Å². The molecule has 1 N–H and O–H groups in total. The highest BCUT2D eigenvalue weighted by Crippen LogP contribution is 2.25. The average molecular weight is 284 g/mol. The Bertz CT molecular complexity index is 535. The molecule has 2 atom stereocenters. The van der Waals surface area contributed by atoms with Crippen molar-refractivity contribution in [1.29, 1.82) is 0 Å². The van der Waals surface area contributed by atoms with Crippen LogP contribution in [-0.4, -0.2) is 45.0 Å². The van der Waals surface area contributed by atoms with E-state index in [4.69, 9.17) is 4.74 Å². The van der Waals surface area contributed by atoms with Crippen LogP contribution in [-0.2, 0) is 10.0 Å². The molecule has 0 aliphatic carbocycles. The van der Waals surface area contributed by atoms with Crippen LogP contribution in [0, 0.1) is 0 Å². The van der Waals surface area contributed by atoms with Crippen LogP contribution in [0.4, 0.5) is 0 Å². The number of benzene rings is 1. The zero-order chi connectivity index (χ0) is 14.0.